The minimum atomic E-state index is -3.65. The maximum atomic E-state index is 12.7. The summed E-state index contributed by atoms with van der Waals surface area (Å²) in [6.45, 7) is 2.69. The van der Waals surface area contributed by atoms with Crippen molar-refractivity contribution in [3.8, 4) is 6.07 Å². The SMILES string of the molecule is C[C@H]1C(=O)N2CCCc3cc(S(=O)(=O)N(C)CCC#N)cc1c32. The van der Waals surface area contributed by atoms with Crippen LogP contribution < -0.4 is 4.90 Å². The first-order chi connectivity index (χ1) is 10.9. The van der Waals surface area contributed by atoms with E-state index in [0.29, 0.717) is 6.54 Å². The molecule has 1 atom stereocenters. The van der Waals surface area contributed by atoms with Crippen molar-refractivity contribution in [2.45, 2.75) is 37.0 Å². The Kier molecular flexibility index (Phi) is 3.90. The molecule has 0 fully saturated rings. The van der Waals surface area contributed by atoms with Crippen LogP contribution in [0.2, 0.25) is 0 Å². The fraction of sp³-hybridized carbons (Fsp3) is 0.500. The highest BCUT2D eigenvalue weighted by Gasteiger charge is 2.39. The molecule has 2 heterocycles. The van der Waals surface area contributed by atoms with Gasteiger partial charge in [-0.3, -0.25) is 4.79 Å². The Morgan fingerprint density at radius 3 is 2.87 bits per heavy atom. The summed E-state index contributed by atoms with van der Waals surface area (Å²) in [5.74, 6) is -0.255. The number of hydrogen-bond acceptors (Lipinski definition) is 4. The summed E-state index contributed by atoms with van der Waals surface area (Å²) < 4.78 is 26.6. The minimum Gasteiger partial charge on any atom is -0.311 e. The molecule has 2 aliphatic heterocycles. The molecule has 0 bridgehead atoms. The fourth-order valence-corrected chi connectivity index (χ4v) is 4.58. The smallest absolute Gasteiger partial charge is 0.242 e. The standard InChI is InChI=1S/C16H19N3O3S/c1-11-14-10-13(23(21,22)18(2)7-4-6-17)9-12-5-3-8-19(15(12)14)16(11)20/h9-11H,3-5,7-8H2,1-2H3/t11-/m1/s1. The van der Waals surface area contributed by atoms with Crippen LogP contribution in [0, 0.1) is 11.3 Å². The summed E-state index contributed by atoms with van der Waals surface area (Å²) in [6.07, 6.45) is 1.78. The summed E-state index contributed by atoms with van der Waals surface area (Å²) >= 11 is 0. The van der Waals surface area contributed by atoms with Crippen molar-refractivity contribution in [1.29, 1.82) is 5.26 Å². The largest absolute Gasteiger partial charge is 0.311 e. The number of benzene rings is 1. The number of sulfonamides is 1. The number of nitriles is 1. The van der Waals surface area contributed by atoms with Gasteiger partial charge in [0.1, 0.15) is 0 Å². The van der Waals surface area contributed by atoms with Gasteiger partial charge in [-0.1, -0.05) is 0 Å². The van der Waals surface area contributed by atoms with Crippen LogP contribution in [0.15, 0.2) is 17.0 Å². The Morgan fingerprint density at radius 1 is 1.43 bits per heavy atom. The Morgan fingerprint density at radius 2 is 2.17 bits per heavy atom. The number of hydrogen-bond donors (Lipinski definition) is 0. The van der Waals surface area contributed by atoms with E-state index < -0.39 is 10.0 Å². The fourth-order valence-electron chi connectivity index (χ4n) is 3.32. The quantitative estimate of drug-likeness (QED) is 0.838. The van der Waals surface area contributed by atoms with Crippen molar-refractivity contribution in [2.75, 3.05) is 25.0 Å². The third-order valence-corrected chi connectivity index (χ3v) is 6.47. The lowest BCUT2D eigenvalue weighted by molar-refractivity contribution is -0.119. The summed E-state index contributed by atoms with van der Waals surface area (Å²) in [5, 5.41) is 8.65. The van der Waals surface area contributed by atoms with E-state index in [4.69, 9.17) is 5.26 Å². The molecule has 0 saturated heterocycles. The van der Waals surface area contributed by atoms with E-state index in [1.165, 1.54) is 11.4 Å². The minimum absolute atomic E-state index is 0.0494. The van der Waals surface area contributed by atoms with Crippen LogP contribution in [0.4, 0.5) is 5.69 Å². The Hall–Kier alpha value is -1.91. The molecule has 1 aromatic carbocycles. The molecule has 0 N–H and O–H groups in total. The Labute approximate surface area is 136 Å². The molecule has 7 heteroatoms. The molecule has 23 heavy (non-hydrogen) atoms. The molecule has 0 spiro atoms. The Bertz CT molecular complexity index is 811. The Balaban J connectivity index is 2.08. The van der Waals surface area contributed by atoms with Crippen molar-refractivity contribution in [3.05, 3.63) is 23.3 Å². The van der Waals surface area contributed by atoms with E-state index in [0.717, 1.165) is 29.7 Å². The van der Waals surface area contributed by atoms with Gasteiger partial charge in [0.25, 0.3) is 0 Å². The van der Waals surface area contributed by atoms with Crippen molar-refractivity contribution in [3.63, 3.8) is 0 Å². The van der Waals surface area contributed by atoms with E-state index in [1.54, 1.807) is 17.0 Å². The second-order valence-electron chi connectivity index (χ2n) is 6.07. The van der Waals surface area contributed by atoms with Crippen LogP contribution in [0.1, 0.15) is 36.8 Å². The van der Waals surface area contributed by atoms with Crippen LogP contribution in [-0.4, -0.2) is 38.8 Å². The third-order valence-electron chi connectivity index (χ3n) is 4.64. The van der Waals surface area contributed by atoms with E-state index in [2.05, 4.69) is 0 Å². The maximum absolute atomic E-state index is 12.7. The predicted molar refractivity (Wildman–Crippen MR) is 85.6 cm³/mol. The molecule has 3 rings (SSSR count). The first-order valence-electron chi connectivity index (χ1n) is 7.69. The van der Waals surface area contributed by atoms with Gasteiger partial charge in [0.05, 0.1) is 22.6 Å². The molecule has 6 nitrogen and oxygen atoms in total. The number of nitrogens with zero attached hydrogens (tertiary/aromatic N) is 3. The van der Waals surface area contributed by atoms with Crippen LogP contribution in [0.5, 0.6) is 0 Å². The lowest BCUT2D eigenvalue weighted by atomic mass is 9.97. The molecule has 2 aliphatic rings. The summed E-state index contributed by atoms with van der Waals surface area (Å²) in [6, 6.07) is 5.28. The highest BCUT2D eigenvalue weighted by atomic mass is 32.2. The van der Waals surface area contributed by atoms with Gasteiger partial charge in [-0.05, 0) is 43.0 Å². The number of rotatable bonds is 4. The van der Waals surface area contributed by atoms with Crippen molar-refractivity contribution >= 4 is 21.6 Å². The number of anilines is 1. The lowest BCUT2D eigenvalue weighted by Crippen LogP contribution is -2.32. The van der Waals surface area contributed by atoms with E-state index in [9.17, 15) is 13.2 Å². The van der Waals surface area contributed by atoms with E-state index in [-0.39, 0.29) is 29.7 Å². The van der Waals surface area contributed by atoms with Gasteiger partial charge in [0.15, 0.2) is 0 Å². The van der Waals surface area contributed by atoms with Crippen molar-refractivity contribution in [2.24, 2.45) is 0 Å². The lowest BCUT2D eigenvalue weighted by Gasteiger charge is -2.26. The molecule has 0 saturated carbocycles. The van der Waals surface area contributed by atoms with Gasteiger partial charge in [-0.2, -0.15) is 9.57 Å². The molecular weight excluding hydrogens is 314 g/mol. The van der Waals surface area contributed by atoms with Gasteiger partial charge >= 0.3 is 0 Å². The van der Waals surface area contributed by atoms with Crippen LogP contribution in [0.25, 0.3) is 0 Å². The second kappa shape index (κ2) is 5.62. The first-order valence-corrected chi connectivity index (χ1v) is 9.13. The van der Waals surface area contributed by atoms with Gasteiger partial charge < -0.3 is 4.90 Å². The zero-order chi connectivity index (χ0) is 16.8. The second-order valence-corrected chi connectivity index (χ2v) is 8.11. The molecule has 0 aromatic heterocycles. The van der Waals surface area contributed by atoms with Gasteiger partial charge in [-0.15, -0.1) is 0 Å². The zero-order valence-electron chi connectivity index (χ0n) is 13.2. The highest BCUT2D eigenvalue weighted by molar-refractivity contribution is 7.89. The molecule has 0 unspecified atom stereocenters. The average molecular weight is 333 g/mol. The van der Waals surface area contributed by atoms with Crippen LogP contribution in [-0.2, 0) is 21.2 Å². The number of amides is 1. The van der Waals surface area contributed by atoms with E-state index >= 15 is 0 Å². The maximum Gasteiger partial charge on any atom is 0.242 e. The van der Waals surface area contributed by atoms with Gasteiger partial charge in [-0.25, -0.2) is 8.42 Å². The van der Waals surface area contributed by atoms with Crippen LogP contribution in [0.3, 0.4) is 0 Å². The molecule has 0 radical (unpaired) electrons. The normalized spacial score (nSPS) is 19.8. The number of aryl methyl sites for hydroxylation is 1. The molecule has 1 amide bonds. The summed E-state index contributed by atoms with van der Waals surface area (Å²) in [5.41, 5.74) is 2.64. The highest BCUT2D eigenvalue weighted by Crippen LogP contribution is 2.44. The topological polar surface area (TPSA) is 81.5 Å². The third kappa shape index (κ3) is 2.42. The van der Waals surface area contributed by atoms with Crippen molar-refractivity contribution < 1.29 is 13.2 Å². The number of carbonyl (C=O) groups excluding carboxylic acids is 1. The predicted octanol–water partition coefficient (Wildman–Crippen LogP) is 1.62. The molecule has 0 aliphatic carbocycles. The monoisotopic (exact) mass is 333 g/mol. The first kappa shape index (κ1) is 16.0. The van der Waals surface area contributed by atoms with Gasteiger partial charge in [0.2, 0.25) is 15.9 Å². The van der Waals surface area contributed by atoms with Crippen molar-refractivity contribution in [1.82, 2.24) is 4.31 Å². The average Bonchev–Trinajstić information content (AvgIpc) is 2.79. The van der Waals surface area contributed by atoms with Crippen LogP contribution >= 0.6 is 0 Å². The molecule has 122 valence electrons. The van der Waals surface area contributed by atoms with Gasteiger partial charge in [0, 0.05) is 26.6 Å². The molecule has 1 aromatic rings. The zero-order valence-corrected chi connectivity index (χ0v) is 14.1. The number of carbonyl (C=O) groups is 1. The molecular formula is C16H19N3O3S. The summed E-state index contributed by atoms with van der Waals surface area (Å²) in [4.78, 5) is 14.3. The van der Waals surface area contributed by atoms with E-state index in [1.807, 2.05) is 13.0 Å². The summed E-state index contributed by atoms with van der Waals surface area (Å²) in [7, 11) is -2.17.